The number of H-pyrrole nitrogens is 1. The molecule has 0 spiro atoms. The molecule has 0 bridgehead atoms. The minimum Gasteiger partial charge on any atom is -0.453 e. The number of aromatic nitrogens is 3. The van der Waals surface area contributed by atoms with Crippen LogP contribution < -0.4 is 10.9 Å². The number of aromatic amines is 1. The summed E-state index contributed by atoms with van der Waals surface area (Å²) in [6.45, 7) is 0. The molecule has 0 unspecified atom stereocenters. The molecule has 3 aromatic heterocycles. The number of alkyl halides is 3. The maximum absolute atomic E-state index is 14.3. The number of hydrogen-bond acceptors (Lipinski definition) is 5. The lowest BCUT2D eigenvalue weighted by atomic mass is 10.0. The Labute approximate surface area is 160 Å². The fraction of sp³-hybridized carbons (Fsp3) is 0.111. The Hall–Kier alpha value is -3.76. The smallest absolute Gasteiger partial charge is 0.434 e. The third-order valence-electron chi connectivity index (χ3n) is 3.79. The molecule has 0 aliphatic heterocycles. The van der Waals surface area contributed by atoms with Gasteiger partial charge < -0.3 is 9.72 Å². The van der Waals surface area contributed by atoms with Gasteiger partial charge in [0.1, 0.15) is 11.6 Å². The summed E-state index contributed by atoms with van der Waals surface area (Å²) >= 11 is 0. The second-order valence-electron chi connectivity index (χ2n) is 5.71. The zero-order valence-corrected chi connectivity index (χ0v) is 14.7. The van der Waals surface area contributed by atoms with Crippen LogP contribution in [0.1, 0.15) is 5.69 Å². The summed E-state index contributed by atoms with van der Waals surface area (Å²) in [4.78, 5) is 32.7. The molecule has 0 atom stereocenters. The molecule has 3 rings (SSSR count). The minimum atomic E-state index is -4.76. The van der Waals surface area contributed by atoms with Gasteiger partial charge in [-0.15, -0.1) is 0 Å². The monoisotopic (exact) mass is 408 g/mol. The van der Waals surface area contributed by atoms with Gasteiger partial charge in [0.15, 0.2) is 5.69 Å². The van der Waals surface area contributed by atoms with Crippen LogP contribution in [0.15, 0.2) is 47.5 Å². The lowest BCUT2D eigenvalue weighted by Gasteiger charge is -2.13. The lowest BCUT2D eigenvalue weighted by Crippen LogP contribution is -2.13. The van der Waals surface area contributed by atoms with Crippen LogP contribution in [0.4, 0.5) is 28.2 Å². The van der Waals surface area contributed by atoms with Crippen molar-refractivity contribution in [1.82, 2.24) is 15.0 Å². The molecule has 0 radical (unpaired) electrons. The largest absolute Gasteiger partial charge is 0.453 e. The Morgan fingerprint density at radius 1 is 1.17 bits per heavy atom. The summed E-state index contributed by atoms with van der Waals surface area (Å²) in [6.07, 6.45) is -3.84. The van der Waals surface area contributed by atoms with Crippen molar-refractivity contribution in [3.63, 3.8) is 0 Å². The standard InChI is InChI=1S/C18H12F4N4O3/c1-29-17(28)26-14-7-11(12(19)8-24-14)9-5-13(25-15(27)6-9)10-3-2-4-23-16(10)18(20,21)22/h2-8H,1H3,(H,25,27)(H,24,26,28). The third-order valence-corrected chi connectivity index (χ3v) is 3.79. The number of rotatable bonds is 3. The molecule has 2 N–H and O–H groups in total. The Morgan fingerprint density at radius 2 is 1.93 bits per heavy atom. The van der Waals surface area contributed by atoms with E-state index in [0.717, 1.165) is 37.7 Å². The molecule has 0 saturated heterocycles. The number of amides is 1. The quantitative estimate of drug-likeness (QED) is 0.642. The first-order valence-corrected chi connectivity index (χ1v) is 7.97. The molecular weight excluding hydrogens is 396 g/mol. The second kappa shape index (κ2) is 7.70. The average molecular weight is 408 g/mol. The molecule has 7 nitrogen and oxygen atoms in total. The Balaban J connectivity index is 2.14. The van der Waals surface area contributed by atoms with E-state index in [1.54, 1.807) is 0 Å². The van der Waals surface area contributed by atoms with Gasteiger partial charge in [0.2, 0.25) is 5.56 Å². The molecule has 0 aliphatic rings. The molecule has 3 aromatic rings. The van der Waals surface area contributed by atoms with Gasteiger partial charge in [-0.05, 0) is 29.8 Å². The molecule has 3 heterocycles. The lowest BCUT2D eigenvalue weighted by molar-refractivity contribution is -0.140. The number of pyridine rings is 3. The summed E-state index contributed by atoms with van der Waals surface area (Å²) in [5.41, 5.74) is -2.71. The van der Waals surface area contributed by atoms with Crippen LogP contribution in [0.3, 0.4) is 0 Å². The van der Waals surface area contributed by atoms with E-state index in [4.69, 9.17) is 0 Å². The molecule has 11 heteroatoms. The van der Waals surface area contributed by atoms with Crippen LogP contribution in [0.5, 0.6) is 0 Å². The molecule has 0 aromatic carbocycles. The molecule has 0 aliphatic carbocycles. The van der Waals surface area contributed by atoms with Gasteiger partial charge in [0.25, 0.3) is 0 Å². The van der Waals surface area contributed by atoms with Crippen molar-refractivity contribution in [3.05, 3.63) is 64.6 Å². The predicted molar refractivity (Wildman–Crippen MR) is 94.5 cm³/mol. The zero-order valence-electron chi connectivity index (χ0n) is 14.7. The maximum atomic E-state index is 14.3. The van der Waals surface area contributed by atoms with Gasteiger partial charge >= 0.3 is 12.3 Å². The molecular formula is C18H12F4N4O3. The first kappa shape index (κ1) is 20.0. The van der Waals surface area contributed by atoms with E-state index in [1.807, 2.05) is 0 Å². The van der Waals surface area contributed by atoms with Crippen molar-refractivity contribution in [1.29, 1.82) is 0 Å². The van der Waals surface area contributed by atoms with Crippen molar-refractivity contribution in [2.24, 2.45) is 0 Å². The highest BCUT2D eigenvalue weighted by Gasteiger charge is 2.35. The van der Waals surface area contributed by atoms with E-state index < -0.39 is 29.3 Å². The summed E-state index contributed by atoms with van der Waals surface area (Å²) in [5, 5.41) is 2.24. The summed E-state index contributed by atoms with van der Waals surface area (Å²) in [7, 11) is 1.12. The third kappa shape index (κ3) is 4.39. The van der Waals surface area contributed by atoms with Crippen molar-refractivity contribution < 1.29 is 27.1 Å². The molecule has 29 heavy (non-hydrogen) atoms. The zero-order chi connectivity index (χ0) is 21.2. The average Bonchev–Trinajstić information content (AvgIpc) is 2.68. The number of hydrogen-bond donors (Lipinski definition) is 2. The fourth-order valence-electron chi connectivity index (χ4n) is 2.58. The number of nitrogens with zero attached hydrogens (tertiary/aromatic N) is 2. The van der Waals surface area contributed by atoms with Crippen molar-refractivity contribution in [2.45, 2.75) is 6.18 Å². The topological polar surface area (TPSA) is 97.0 Å². The van der Waals surface area contributed by atoms with Crippen LogP contribution in [0.25, 0.3) is 22.4 Å². The van der Waals surface area contributed by atoms with Crippen molar-refractivity contribution >= 4 is 11.9 Å². The second-order valence-corrected chi connectivity index (χ2v) is 5.71. The van der Waals surface area contributed by atoms with Crippen LogP contribution in [0, 0.1) is 5.82 Å². The van der Waals surface area contributed by atoms with Gasteiger partial charge in [0, 0.05) is 23.4 Å². The number of anilines is 1. The van der Waals surface area contributed by atoms with E-state index in [9.17, 15) is 27.2 Å². The SMILES string of the molecule is COC(=O)Nc1cc(-c2cc(-c3cccnc3C(F)(F)F)[nH]c(=O)c2)c(F)cn1. The minimum absolute atomic E-state index is 0.0199. The first-order chi connectivity index (χ1) is 13.7. The summed E-state index contributed by atoms with van der Waals surface area (Å²) < 4.78 is 58.5. The van der Waals surface area contributed by atoms with Gasteiger partial charge in [-0.25, -0.2) is 14.2 Å². The first-order valence-electron chi connectivity index (χ1n) is 7.97. The van der Waals surface area contributed by atoms with Crippen molar-refractivity contribution in [2.75, 3.05) is 12.4 Å². The Bertz CT molecular complexity index is 1130. The number of carbonyl (C=O) groups excluding carboxylic acids is 1. The molecule has 1 amide bonds. The van der Waals surface area contributed by atoms with Crippen molar-refractivity contribution in [3.8, 4) is 22.4 Å². The number of ether oxygens (including phenoxy) is 1. The van der Waals surface area contributed by atoms with Gasteiger partial charge in [0.05, 0.1) is 19.0 Å². The molecule has 0 fully saturated rings. The highest BCUT2D eigenvalue weighted by Crippen LogP contribution is 2.35. The van der Waals surface area contributed by atoms with Crippen LogP contribution in [0.2, 0.25) is 0 Å². The van der Waals surface area contributed by atoms with Crippen LogP contribution in [-0.2, 0) is 10.9 Å². The molecule has 150 valence electrons. The highest BCUT2D eigenvalue weighted by molar-refractivity contribution is 5.84. The number of methoxy groups -OCH3 is 1. The maximum Gasteiger partial charge on any atom is 0.434 e. The van der Waals surface area contributed by atoms with E-state index in [-0.39, 0.29) is 28.2 Å². The molecule has 0 saturated carbocycles. The normalized spacial score (nSPS) is 11.2. The van der Waals surface area contributed by atoms with E-state index in [2.05, 4.69) is 25.0 Å². The van der Waals surface area contributed by atoms with E-state index in [0.29, 0.717) is 0 Å². The van der Waals surface area contributed by atoms with Gasteiger partial charge in [-0.1, -0.05) is 0 Å². The summed E-state index contributed by atoms with van der Waals surface area (Å²) in [5.74, 6) is -0.924. The number of halogens is 4. The number of nitrogens with one attached hydrogen (secondary N) is 2. The fourth-order valence-corrected chi connectivity index (χ4v) is 2.58. The van der Waals surface area contributed by atoms with E-state index in [1.165, 1.54) is 12.1 Å². The summed E-state index contributed by atoms with van der Waals surface area (Å²) in [6, 6.07) is 5.72. The highest BCUT2D eigenvalue weighted by atomic mass is 19.4. The number of carbonyl (C=O) groups is 1. The van der Waals surface area contributed by atoms with Crippen LogP contribution in [-0.4, -0.2) is 28.2 Å². The van der Waals surface area contributed by atoms with E-state index >= 15 is 0 Å². The Morgan fingerprint density at radius 3 is 2.62 bits per heavy atom. The Kier molecular flexibility index (Phi) is 5.31. The van der Waals surface area contributed by atoms with Gasteiger partial charge in [-0.2, -0.15) is 13.2 Å². The van der Waals surface area contributed by atoms with Crippen LogP contribution >= 0.6 is 0 Å². The predicted octanol–water partition coefficient (Wildman–Crippen LogP) is 3.84. The van der Waals surface area contributed by atoms with Gasteiger partial charge in [-0.3, -0.25) is 15.1 Å².